The molecule has 0 bridgehead atoms. The van der Waals surface area contributed by atoms with E-state index < -0.39 is 0 Å². The number of aryl methyl sites for hydroxylation is 1. The van der Waals surface area contributed by atoms with Crippen LogP contribution in [0.25, 0.3) is 10.4 Å². The Morgan fingerprint density at radius 2 is 2.14 bits per heavy atom. The van der Waals surface area contributed by atoms with E-state index in [1.165, 1.54) is 0 Å². The van der Waals surface area contributed by atoms with Crippen LogP contribution in [0.2, 0.25) is 0 Å². The second-order valence-electron chi connectivity index (χ2n) is 2.97. The van der Waals surface area contributed by atoms with E-state index in [9.17, 15) is 4.79 Å². The van der Waals surface area contributed by atoms with Crippen LogP contribution >= 0.6 is 11.3 Å². The molecule has 1 heterocycles. The molecule has 70 valence electrons. The van der Waals surface area contributed by atoms with Crippen LogP contribution in [0, 0.1) is 6.92 Å². The molecule has 0 radical (unpaired) electrons. The fourth-order valence-electron chi connectivity index (χ4n) is 1.37. The molecule has 0 atom stereocenters. The Balaban J connectivity index is 2.62. The molecule has 2 nitrogen and oxygen atoms in total. The van der Waals surface area contributed by atoms with Crippen molar-refractivity contribution in [2.45, 2.75) is 6.92 Å². The van der Waals surface area contributed by atoms with Crippen LogP contribution in [-0.2, 0) is 0 Å². The van der Waals surface area contributed by atoms with Crippen LogP contribution in [0.3, 0.4) is 0 Å². The number of rotatable bonds is 2. The van der Waals surface area contributed by atoms with Crippen LogP contribution in [0.5, 0.6) is 0 Å². The minimum Gasteiger partial charge on any atom is -0.298 e. The zero-order chi connectivity index (χ0) is 9.97. The van der Waals surface area contributed by atoms with Gasteiger partial charge in [0.1, 0.15) is 0 Å². The number of nitrogens with zero attached hydrogens (tertiary/aromatic N) is 1. The molecule has 0 unspecified atom stereocenters. The standard InChI is InChI=1S/C11H9NOS/c1-8-11(14-7-12-8)10-5-3-2-4-9(10)6-13/h2-7H,1H3. The molecule has 0 amide bonds. The largest absolute Gasteiger partial charge is 0.298 e. The van der Waals surface area contributed by atoms with E-state index in [0.717, 1.165) is 28.0 Å². The first-order valence-corrected chi connectivity index (χ1v) is 5.15. The molecule has 0 aliphatic carbocycles. The van der Waals surface area contributed by atoms with E-state index in [-0.39, 0.29) is 0 Å². The zero-order valence-corrected chi connectivity index (χ0v) is 8.54. The second-order valence-corrected chi connectivity index (χ2v) is 3.83. The molecule has 0 saturated heterocycles. The van der Waals surface area contributed by atoms with Crippen LogP contribution in [0.4, 0.5) is 0 Å². The molecule has 0 spiro atoms. The van der Waals surface area contributed by atoms with Gasteiger partial charge in [-0.05, 0) is 6.92 Å². The highest BCUT2D eigenvalue weighted by atomic mass is 32.1. The van der Waals surface area contributed by atoms with Crippen LogP contribution < -0.4 is 0 Å². The van der Waals surface area contributed by atoms with Crippen molar-refractivity contribution >= 4 is 17.6 Å². The molecule has 0 saturated carbocycles. The number of hydrogen-bond donors (Lipinski definition) is 0. The lowest BCUT2D eigenvalue weighted by atomic mass is 10.1. The van der Waals surface area contributed by atoms with Gasteiger partial charge in [0.15, 0.2) is 6.29 Å². The van der Waals surface area contributed by atoms with Crippen molar-refractivity contribution in [3.8, 4) is 10.4 Å². The number of benzene rings is 1. The maximum atomic E-state index is 10.8. The highest BCUT2D eigenvalue weighted by Crippen LogP contribution is 2.29. The SMILES string of the molecule is Cc1ncsc1-c1ccccc1C=O. The Labute approximate surface area is 86.2 Å². The average molecular weight is 203 g/mol. The van der Waals surface area contributed by atoms with Gasteiger partial charge < -0.3 is 0 Å². The van der Waals surface area contributed by atoms with E-state index in [4.69, 9.17) is 0 Å². The van der Waals surface area contributed by atoms with Gasteiger partial charge in [-0.2, -0.15) is 0 Å². The van der Waals surface area contributed by atoms with Crippen LogP contribution in [0.1, 0.15) is 16.1 Å². The van der Waals surface area contributed by atoms with Crippen molar-refractivity contribution in [3.05, 3.63) is 41.0 Å². The lowest BCUT2D eigenvalue weighted by Crippen LogP contribution is -1.86. The molecule has 0 aliphatic rings. The van der Waals surface area contributed by atoms with Gasteiger partial charge in [-0.25, -0.2) is 4.98 Å². The molecule has 0 fully saturated rings. The second kappa shape index (κ2) is 3.72. The lowest BCUT2D eigenvalue weighted by Gasteiger charge is -2.01. The summed E-state index contributed by atoms with van der Waals surface area (Å²) in [6.07, 6.45) is 0.883. The van der Waals surface area contributed by atoms with Crippen molar-refractivity contribution in [1.82, 2.24) is 4.98 Å². The average Bonchev–Trinajstić information content (AvgIpc) is 2.64. The third-order valence-corrected chi connectivity index (χ3v) is 3.04. The normalized spacial score (nSPS) is 10.1. The Hall–Kier alpha value is -1.48. The molecule has 14 heavy (non-hydrogen) atoms. The monoisotopic (exact) mass is 203 g/mol. The van der Waals surface area contributed by atoms with Crippen molar-refractivity contribution < 1.29 is 4.79 Å². The van der Waals surface area contributed by atoms with Crippen molar-refractivity contribution in [3.63, 3.8) is 0 Å². The maximum Gasteiger partial charge on any atom is 0.150 e. The van der Waals surface area contributed by atoms with Gasteiger partial charge >= 0.3 is 0 Å². The summed E-state index contributed by atoms with van der Waals surface area (Å²) in [7, 11) is 0. The highest BCUT2D eigenvalue weighted by molar-refractivity contribution is 7.13. The van der Waals surface area contributed by atoms with Gasteiger partial charge in [0.25, 0.3) is 0 Å². The number of hydrogen-bond acceptors (Lipinski definition) is 3. The Bertz CT molecular complexity index is 462. The summed E-state index contributed by atoms with van der Waals surface area (Å²) in [6, 6.07) is 7.57. The summed E-state index contributed by atoms with van der Waals surface area (Å²) in [5.41, 5.74) is 4.47. The number of aldehydes is 1. The van der Waals surface area contributed by atoms with Crippen molar-refractivity contribution in [2.75, 3.05) is 0 Å². The predicted molar refractivity (Wildman–Crippen MR) is 57.7 cm³/mol. The van der Waals surface area contributed by atoms with Crippen LogP contribution in [0.15, 0.2) is 29.8 Å². The molecule has 1 aromatic heterocycles. The first-order valence-electron chi connectivity index (χ1n) is 4.27. The number of carbonyl (C=O) groups is 1. The molecular weight excluding hydrogens is 194 g/mol. The minimum atomic E-state index is 0.722. The number of carbonyl (C=O) groups excluding carboxylic acids is 1. The molecule has 2 rings (SSSR count). The summed E-state index contributed by atoms with van der Waals surface area (Å²) in [5.74, 6) is 0. The van der Waals surface area contributed by atoms with Crippen molar-refractivity contribution in [1.29, 1.82) is 0 Å². The van der Waals surface area contributed by atoms with Gasteiger partial charge in [-0.1, -0.05) is 24.3 Å². The molecule has 2 aromatic rings. The van der Waals surface area contributed by atoms with Gasteiger partial charge in [0.2, 0.25) is 0 Å². The van der Waals surface area contributed by atoms with E-state index in [1.807, 2.05) is 31.2 Å². The fourth-order valence-corrected chi connectivity index (χ4v) is 2.22. The summed E-state index contributed by atoms with van der Waals surface area (Å²) in [5, 5.41) is 0. The van der Waals surface area contributed by atoms with Crippen LogP contribution in [-0.4, -0.2) is 11.3 Å². The van der Waals surface area contributed by atoms with Gasteiger partial charge in [-0.3, -0.25) is 4.79 Å². The third-order valence-electron chi connectivity index (χ3n) is 2.08. The lowest BCUT2D eigenvalue weighted by molar-refractivity contribution is 0.112. The quantitative estimate of drug-likeness (QED) is 0.702. The predicted octanol–water partition coefficient (Wildman–Crippen LogP) is 2.93. The number of thiazole rings is 1. The summed E-state index contributed by atoms with van der Waals surface area (Å²) in [4.78, 5) is 16.1. The van der Waals surface area contributed by atoms with Gasteiger partial charge in [0, 0.05) is 11.1 Å². The topological polar surface area (TPSA) is 30.0 Å². The molecule has 0 N–H and O–H groups in total. The third kappa shape index (κ3) is 1.46. The highest BCUT2D eigenvalue weighted by Gasteiger charge is 2.08. The molecule has 0 aliphatic heterocycles. The summed E-state index contributed by atoms with van der Waals surface area (Å²) >= 11 is 1.56. The maximum absolute atomic E-state index is 10.8. The van der Waals surface area contributed by atoms with E-state index >= 15 is 0 Å². The van der Waals surface area contributed by atoms with E-state index in [2.05, 4.69) is 4.98 Å². The number of aromatic nitrogens is 1. The summed E-state index contributed by atoms with van der Waals surface area (Å²) < 4.78 is 0. The minimum absolute atomic E-state index is 0.722. The van der Waals surface area contributed by atoms with E-state index in [0.29, 0.717) is 0 Å². The fraction of sp³-hybridized carbons (Fsp3) is 0.0909. The smallest absolute Gasteiger partial charge is 0.150 e. The van der Waals surface area contributed by atoms with Gasteiger partial charge in [-0.15, -0.1) is 11.3 Å². The molecular formula is C11H9NOS. The first-order chi connectivity index (χ1) is 6.83. The molecule has 1 aromatic carbocycles. The van der Waals surface area contributed by atoms with Crippen molar-refractivity contribution in [2.24, 2.45) is 0 Å². The first kappa shape index (κ1) is 9.09. The molecule has 3 heteroatoms. The Morgan fingerprint density at radius 3 is 2.79 bits per heavy atom. The zero-order valence-electron chi connectivity index (χ0n) is 7.73. The van der Waals surface area contributed by atoms with Gasteiger partial charge in [0.05, 0.1) is 16.1 Å². The summed E-state index contributed by atoms with van der Waals surface area (Å²) in [6.45, 7) is 1.95. The Morgan fingerprint density at radius 1 is 1.36 bits per heavy atom. The Kier molecular flexibility index (Phi) is 2.41. The van der Waals surface area contributed by atoms with E-state index in [1.54, 1.807) is 16.8 Å².